The van der Waals surface area contributed by atoms with Crippen molar-refractivity contribution < 1.29 is 22.7 Å². The minimum Gasteiger partial charge on any atom is -0.494 e. The molecule has 0 fully saturated rings. The van der Waals surface area contributed by atoms with Gasteiger partial charge in [-0.3, -0.25) is 4.72 Å². The molecule has 0 aromatic heterocycles. The maximum absolute atomic E-state index is 12.5. The highest BCUT2D eigenvalue weighted by Crippen LogP contribution is 2.22. The van der Waals surface area contributed by atoms with Crippen LogP contribution in [0.15, 0.2) is 47.4 Å². The Morgan fingerprint density at radius 1 is 1.17 bits per heavy atom. The van der Waals surface area contributed by atoms with E-state index in [2.05, 4.69) is 9.46 Å². The van der Waals surface area contributed by atoms with Gasteiger partial charge < -0.3 is 9.47 Å². The van der Waals surface area contributed by atoms with Crippen molar-refractivity contribution in [2.45, 2.75) is 18.7 Å². The minimum absolute atomic E-state index is 0.0182. The molecule has 0 saturated carbocycles. The van der Waals surface area contributed by atoms with Gasteiger partial charge in [0.1, 0.15) is 5.75 Å². The smallest absolute Gasteiger partial charge is 0.338 e. The number of ether oxygens (including phenoxy) is 2. The SMILES string of the molecule is CCOc1cccc(NS(=O)(=O)c2ccc(C)c(C(=O)OC)c2)c1. The Labute approximate surface area is 141 Å². The van der Waals surface area contributed by atoms with Gasteiger partial charge in [-0.15, -0.1) is 0 Å². The van der Waals surface area contributed by atoms with Gasteiger partial charge in [-0.2, -0.15) is 0 Å². The first kappa shape index (κ1) is 17.8. The number of aryl methyl sites for hydroxylation is 1. The number of anilines is 1. The van der Waals surface area contributed by atoms with E-state index in [4.69, 9.17) is 4.74 Å². The second-order valence-electron chi connectivity index (χ2n) is 5.03. The summed E-state index contributed by atoms with van der Waals surface area (Å²) >= 11 is 0. The molecular weight excluding hydrogens is 330 g/mol. The number of nitrogens with one attached hydrogen (secondary N) is 1. The summed E-state index contributed by atoms with van der Waals surface area (Å²) in [6.45, 7) is 4.04. The third-order valence-corrected chi connectivity index (χ3v) is 4.70. The van der Waals surface area contributed by atoms with E-state index in [0.717, 1.165) is 0 Å². The lowest BCUT2D eigenvalue weighted by Crippen LogP contribution is -2.14. The fourth-order valence-electron chi connectivity index (χ4n) is 2.13. The van der Waals surface area contributed by atoms with Gasteiger partial charge in [0, 0.05) is 6.07 Å². The quantitative estimate of drug-likeness (QED) is 0.811. The number of carbonyl (C=O) groups is 1. The molecule has 7 heteroatoms. The van der Waals surface area contributed by atoms with Gasteiger partial charge in [-0.05, 0) is 43.7 Å². The molecule has 128 valence electrons. The summed E-state index contributed by atoms with van der Waals surface area (Å²) in [7, 11) is -2.59. The van der Waals surface area contributed by atoms with Crippen molar-refractivity contribution in [2.75, 3.05) is 18.4 Å². The van der Waals surface area contributed by atoms with Gasteiger partial charge >= 0.3 is 5.97 Å². The van der Waals surface area contributed by atoms with Crippen LogP contribution in [-0.4, -0.2) is 28.1 Å². The minimum atomic E-state index is -3.84. The van der Waals surface area contributed by atoms with Gasteiger partial charge in [-0.1, -0.05) is 12.1 Å². The zero-order chi connectivity index (χ0) is 17.7. The maximum Gasteiger partial charge on any atom is 0.338 e. The molecule has 2 rings (SSSR count). The van der Waals surface area contributed by atoms with Crippen molar-refractivity contribution in [3.05, 3.63) is 53.6 Å². The van der Waals surface area contributed by atoms with Gasteiger partial charge in [0.05, 0.1) is 29.9 Å². The number of sulfonamides is 1. The third-order valence-electron chi connectivity index (χ3n) is 3.32. The lowest BCUT2D eigenvalue weighted by Gasteiger charge is -2.11. The Morgan fingerprint density at radius 3 is 2.58 bits per heavy atom. The molecule has 0 aliphatic rings. The van der Waals surface area contributed by atoms with E-state index in [1.165, 1.54) is 19.2 Å². The normalized spacial score (nSPS) is 11.0. The Bertz CT molecular complexity index is 846. The second kappa shape index (κ2) is 7.35. The molecule has 0 saturated heterocycles. The number of esters is 1. The molecule has 2 aromatic rings. The largest absolute Gasteiger partial charge is 0.494 e. The maximum atomic E-state index is 12.5. The van der Waals surface area contributed by atoms with Crippen LogP contribution in [0.4, 0.5) is 5.69 Å². The van der Waals surface area contributed by atoms with Crippen LogP contribution in [0.25, 0.3) is 0 Å². The molecule has 0 atom stereocenters. The fourth-order valence-corrected chi connectivity index (χ4v) is 3.20. The van der Waals surface area contributed by atoms with E-state index in [1.807, 2.05) is 6.92 Å². The molecule has 1 N–H and O–H groups in total. The monoisotopic (exact) mass is 349 g/mol. The van der Waals surface area contributed by atoms with E-state index in [0.29, 0.717) is 23.6 Å². The number of hydrogen-bond acceptors (Lipinski definition) is 5. The lowest BCUT2D eigenvalue weighted by molar-refractivity contribution is 0.0599. The molecule has 24 heavy (non-hydrogen) atoms. The number of methoxy groups -OCH3 is 1. The molecule has 0 aliphatic heterocycles. The molecule has 2 aromatic carbocycles. The Kier molecular flexibility index (Phi) is 5.46. The third kappa shape index (κ3) is 4.05. The van der Waals surface area contributed by atoms with Crippen molar-refractivity contribution >= 4 is 21.7 Å². The van der Waals surface area contributed by atoms with Crippen LogP contribution in [0, 0.1) is 6.92 Å². The summed E-state index contributed by atoms with van der Waals surface area (Å²) < 4.78 is 37.6. The van der Waals surface area contributed by atoms with Gasteiger partial charge in [0.2, 0.25) is 0 Å². The lowest BCUT2D eigenvalue weighted by atomic mass is 10.1. The molecule has 0 unspecified atom stereocenters. The van der Waals surface area contributed by atoms with E-state index in [9.17, 15) is 13.2 Å². The number of hydrogen-bond donors (Lipinski definition) is 1. The van der Waals surface area contributed by atoms with Crippen molar-refractivity contribution in [1.29, 1.82) is 0 Å². The number of carbonyl (C=O) groups excluding carboxylic acids is 1. The van der Waals surface area contributed by atoms with Crippen molar-refractivity contribution in [3.63, 3.8) is 0 Å². The van der Waals surface area contributed by atoms with Crippen LogP contribution in [0.3, 0.4) is 0 Å². The van der Waals surface area contributed by atoms with Crippen LogP contribution in [-0.2, 0) is 14.8 Å². The molecule has 0 aliphatic carbocycles. The van der Waals surface area contributed by atoms with E-state index >= 15 is 0 Å². The first-order valence-corrected chi connectivity index (χ1v) is 8.80. The highest BCUT2D eigenvalue weighted by molar-refractivity contribution is 7.92. The van der Waals surface area contributed by atoms with Crippen molar-refractivity contribution in [2.24, 2.45) is 0 Å². The Morgan fingerprint density at radius 2 is 1.92 bits per heavy atom. The van der Waals surface area contributed by atoms with Crippen LogP contribution in [0.2, 0.25) is 0 Å². The summed E-state index contributed by atoms with van der Waals surface area (Å²) in [5.74, 6) is -0.0141. The van der Waals surface area contributed by atoms with E-state index < -0.39 is 16.0 Å². The van der Waals surface area contributed by atoms with Crippen LogP contribution >= 0.6 is 0 Å². The predicted octanol–water partition coefficient (Wildman–Crippen LogP) is 2.98. The first-order valence-electron chi connectivity index (χ1n) is 7.32. The summed E-state index contributed by atoms with van der Waals surface area (Å²) in [5, 5.41) is 0. The fraction of sp³-hybridized carbons (Fsp3) is 0.235. The summed E-state index contributed by atoms with van der Waals surface area (Å²) in [5.41, 5.74) is 1.23. The summed E-state index contributed by atoms with van der Waals surface area (Å²) in [6.07, 6.45) is 0. The Hall–Kier alpha value is -2.54. The molecule has 0 spiro atoms. The van der Waals surface area contributed by atoms with Crippen LogP contribution in [0.1, 0.15) is 22.8 Å². The molecule has 0 bridgehead atoms. The van der Waals surface area contributed by atoms with E-state index in [1.54, 1.807) is 37.3 Å². The average molecular weight is 349 g/mol. The molecule has 0 amide bonds. The zero-order valence-corrected chi connectivity index (χ0v) is 14.5. The number of benzene rings is 2. The molecule has 0 heterocycles. The zero-order valence-electron chi connectivity index (χ0n) is 13.7. The van der Waals surface area contributed by atoms with Gasteiger partial charge in [0.15, 0.2) is 0 Å². The summed E-state index contributed by atoms with van der Waals surface area (Å²) in [6, 6.07) is 11.0. The highest BCUT2D eigenvalue weighted by Gasteiger charge is 2.18. The van der Waals surface area contributed by atoms with Crippen LogP contribution in [0.5, 0.6) is 5.75 Å². The van der Waals surface area contributed by atoms with Crippen molar-refractivity contribution in [1.82, 2.24) is 0 Å². The van der Waals surface area contributed by atoms with Crippen LogP contribution < -0.4 is 9.46 Å². The van der Waals surface area contributed by atoms with E-state index in [-0.39, 0.29) is 10.5 Å². The van der Waals surface area contributed by atoms with Crippen molar-refractivity contribution in [3.8, 4) is 5.75 Å². The molecular formula is C17H19NO5S. The van der Waals surface area contributed by atoms with Gasteiger partial charge in [-0.25, -0.2) is 13.2 Å². The highest BCUT2D eigenvalue weighted by atomic mass is 32.2. The predicted molar refractivity (Wildman–Crippen MR) is 90.9 cm³/mol. The van der Waals surface area contributed by atoms with Gasteiger partial charge in [0.25, 0.3) is 10.0 Å². The average Bonchev–Trinajstić information content (AvgIpc) is 2.54. The first-order chi connectivity index (χ1) is 11.4. The second-order valence-corrected chi connectivity index (χ2v) is 6.72. The standard InChI is InChI=1S/C17H19NO5S/c1-4-23-14-7-5-6-13(10-14)18-24(20,21)15-9-8-12(2)16(11-15)17(19)22-3/h5-11,18H,4H2,1-3H3. The summed E-state index contributed by atoms with van der Waals surface area (Å²) in [4.78, 5) is 11.7. The number of rotatable bonds is 6. The molecule has 0 radical (unpaired) electrons. The topological polar surface area (TPSA) is 81.7 Å². The Balaban J connectivity index is 2.34. The molecule has 6 nitrogen and oxygen atoms in total.